The van der Waals surface area contributed by atoms with Crippen molar-refractivity contribution in [2.75, 3.05) is 18.4 Å². The van der Waals surface area contributed by atoms with E-state index in [1.54, 1.807) is 10.9 Å². The van der Waals surface area contributed by atoms with Crippen molar-refractivity contribution in [3.05, 3.63) is 69.0 Å². The maximum atomic E-state index is 12.6. The van der Waals surface area contributed by atoms with Crippen LogP contribution in [0.2, 0.25) is 5.02 Å². The molecule has 1 aromatic carbocycles. The smallest absolute Gasteiger partial charge is 0.239 e. The molecule has 4 rings (SSSR count). The van der Waals surface area contributed by atoms with Crippen LogP contribution in [0.3, 0.4) is 0 Å². The van der Waals surface area contributed by atoms with Crippen LogP contribution in [0.1, 0.15) is 29.0 Å². The van der Waals surface area contributed by atoms with E-state index < -0.39 is 0 Å². The molecule has 140 valence electrons. The third-order valence-electron chi connectivity index (χ3n) is 5.01. The van der Waals surface area contributed by atoms with Gasteiger partial charge in [0.25, 0.3) is 0 Å². The van der Waals surface area contributed by atoms with Gasteiger partial charge in [-0.2, -0.15) is 5.10 Å². The molecule has 1 aliphatic rings. The first-order valence-corrected chi connectivity index (χ1v) is 10.2. The predicted octanol–water partition coefficient (Wildman–Crippen LogP) is 4.20. The fraction of sp³-hybridized carbons (Fsp3) is 0.300. The fourth-order valence-electron chi connectivity index (χ4n) is 3.50. The largest absolute Gasteiger partial charge is 0.310 e. The Balaban J connectivity index is 1.41. The highest BCUT2D eigenvalue weighted by atomic mass is 35.5. The monoisotopic (exact) mass is 400 g/mol. The molecule has 0 saturated carbocycles. The zero-order valence-electron chi connectivity index (χ0n) is 15.1. The van der Waals surface area contributed by atoms with Gasteiger partial charge in [-0.3, -0.25) is 9.69 Å². The minimum atomic E-state index is -0.0264. The quantitative estimate of drug-likeness (QED) is 0.698. The zero-order valence-corrected chi connectivity index (χ0v) is 16.6. The molecule has 1 N–H and O–H groups in total. The molecule has 27 heavy (non-hydrogen) atoms. The van der Waals surface area contributed by atoms with Gasteiger partial charge < -0.3 is 5.32 Å². The van der Waals surface area contributed by atoms with Crippen LogP contribution in [-0.4, -0.2) is 33.7 Å². The van der Waals surface area contributed by atoms with Gasteiger partial charge in [0, 0.05) is 28.6 Å². The van der Waals surface area contributed by atoms with Crippen LogP contribution in [0, 0.1) is 0 Å². The normalized spacial score (nSPS) is 16.9. The SMILES string of the molecule is CC1c2ccsc2CCN1CC(=O)Nc1ccnn1Cc1ccccc1Cl. The Morgan fingerprint density at radius 3 is 3.04 bits per heavy atom. The van der Waals surface area contributed by atoms with Gasteiger partial charge in [-0.1, -0.05) is 29.8 Å². The Morgan fingerprint density at radius 1 is 1.33 bits per heavy atom. The van der Waals surface area contributed by atoms with Gasteiger partial charge in [-0.15, -0.1) is 11.3 Å². The van der Waals surface area contributed by atoms with E-state index in [1.807, 2.05) is 41.7 Å². The number of nitrogens with zero attached hydrogens (tertiary/aromatic N) is 3. The summed E-state index contributed by atoms with van der Waals surface area (Å²) in [4.78, 5) is 16.3. The summed E-state index contributed by atoms with van der Waals surface area (Å²) >= 11 is 8.05. The van der Waals surface area contributed by atoms with Crippen molar-refractivity contribution in [1.82, 2.24) is 14.7 Å². The van der Waals surface area contributed by atoms with Crippen LogP contribution in [0.4, 0.5) is 5.82 Å². The highest BCUT2D eigenvalue weighted by Crippen LogP contribution is 2.32. The van der Waals surface area contributed by atoms with Gasteiger partial charge in [0.15, 0.2) is 0 Å². The van der Waals surface area contributed by atoms with Crippen LogP contribution >= 0.6 is 22.9 Å². The number of fused-ring (bicyclic) bond motifs is 1. The number of thiophene rings is 1. The molecule has 1 amide bonds. The molecule has 0 spiro atoms. The minimum absolute atomic E-state index is 0.0264. The summed E-state index contributed by atoms with van der Waals surface area (Å²) in [6, 6.07) is 11.9. The Hall–Kier alpha value is -2.15. The third kappa shape index (κ3) is 3.93. The molecule has 1 aliphatic heterocycles. The second-order valence-electron chi connectivity index (χ2n) is 6.71. The number of halogens is 1. The van der Waals surface area contributed by atoms with Gasteiger partial charge in [-0.05, 0) is 42.0 Å². The molecule has 0 bridgehead atoms. The average Bonchev–Trinajstić information content (AvgIpc) is 3.29. The lowest BCUT2D eigenvalue weighted by Crippen LogP contribution is -2.39. The van der Waals surface area contributed by atoms with Gasteiger partial charge in [-0.25, -0.2) is 4.68 Å². The maximum absolute atomic E-state index is 12.6. The van der Waals surface area contributed by atoms with E-state index in [9.17, 15) is 4.79 Å². The number of anilines is 1. The van der Waals surface area contributed by atoms with Crippen LogP contribution < -0.4 is 5.32 Å². The van der Waals surface area contributed by atoms with E-state index in [-0.39, 0.29) is 11.9 Å². The molecule has 0 radical (unpaired) electrons. The average molecular weight is 401 g/mol. The number of carbonyl (C=O) groups is 1. The third-order valence-corrected chi connectivity index (χ3v) is 6.38. The van der Waals surface area contributed by atoms with Crippen LogP contribution in [0.5, 0.6) is 0 Å². The minimum Gasteiger partial charge on any atom is -0.310 e. The highest BCUT2D eigenvalue weighted by Gasteiger charge is 2.26. The number of aromatic nitrogens is 2. The number of benzene rings is 1. The number of hydrogen-bond acceptors (Lipinski definition) is 4. The van der Waals surface area contributed by atoms with Crippen molar-refractivity contribution in [3.63, 3.8) is 0 Å². The molecule has 0 saturated heterocycles. The van der Waals surface area contributed by atoms with Crippen molar-refractivity contribution < 1.29 is 4.79 Å². The summed E-state index contributed by atoms with van der Waals surface area (Å²) in [7, 11) is 0. The molecule has 0 aliphatic carbocycles. The van der Waals surface area contributed by atoms with Crippen molar-refractivity contribution >= 4 is 34.7 Å². The van der Waals surface area contributed by atoms with Crippen molar-refractivity contribution in [2.45, 2.75) is 25.9 Å². The van der Waals surface area contributed by atoms with E-state index in [2.05, 4.69) is 33.7 Å². The number of rotatable bonds is 5. The Kier molecular flexibility index (Phi) is 5.29. The second-order valence-corrected chi connectivity index (χ2v) is 8.12. The second kappa shape index (κ2) is 7.84. The molecule has 2 aromatic heterocycles. The Morgan fingerprint density at radius 2 is 2.19 bits per heavy atom. The standard InChI is InChI=1S/C20H21ClN4OS/c1-14-16-8-11-27-18(16)7-10-24(14)13-20(26)23-19-6-9-22-25(19)12-15-4-2-3-5-17(15)21/h2-6,8-9,11,14H,7,10,12-13H2,1H3,(H,23,26). The van der Waals surface area contributed by atoms with Crippen molar-refractivity contribution in [3.8, 4) is 0 Å². The maximum Gasteiger partial charge on any atom is 0.239 e. The molecular formula is C20H21ClN4OS. The van der Waals surface area contributed by atoms with Gasteiger partial charge in [0.2, 0.25) is 5.91 Å². The molecule has 3 aromatic rings. The van der Waals surface area contributed by atoms with E-state index >= 15 is 0 Å². The molecule has 1 unspecified atom stereocenters. The first-order chi connectivity index (χ1) is 13.1. The van der Waals surface area contributed by atoms with Gasteiger partial charge in [0.1, 0.15) is 5.82 Å². The summed E-state index contributed by atoms with van der Waals surface area (Å²) in [5.41, 5.74) is 2.32. The lowest BCUT2D eigenvalue weighted by molar-refractivity contribution is -0.118. The first kappa shape index (κ1) is 18.2. The summed E-state index contributed by atoms with van der Waals surface area (Å²) in [5.74, 6) is 0.655. The highest BCUT2D eigenvalue weighted by molar-refractivity contribution is 7.10. The number of hydrogen-bond donors (Lipinski definition) is 1. The Labute approximate surface area is 167 Å². The topological polar surface area (TPSA) is 50.2 Å². The first-order valence-electron chi connectivity index (χ1n) is 8.97. The van der Waals surface area contributed by atoms with Crippen LogP contribution in [0.15, 0.2) is 48.0 Å². The lowest BCUT2D eigenvalue weighted by atomic mass is 10.0. The van der Waals surface area contributed by atoms with Gasteiger partial charge >= 0.3 is 0 Å². The summed E-state index contributed by atoms with van der Waals surface area (Å²) < 4.78 is 1.76. The molecule has 0 fully saturated rings. The summed E-state index contributed by atoms with van der Waals surface area (Å²) in [5, 5.41) is 10.1. The molecular weight excluding hydrogens is 380 g/mol. The lowest BCUT2D eigenvalue weighted by Gasteiger charge is -2.32. The Bertz CT molecular complexity index is 951. The summed E-state index contributed by atoms with van der Waals surface area (Å²) in [6.07, 6.45) is 2.70. The zero-order chi connectivity index (χ0) is 18.8. The number of nitrogens with one attached hydrogen (secondary N) is 1. The van der Waals surface area contributed by atoms with Crippen molar-refractivity contribution in [2.24, 2.45) is 0 Å². The number of carbonyl (C=O) groups excluding carboxylic acids is 1. The fourth-order valence-corrected chi connectivity index (χ4v) is 4.66. The number of amides is 1. The van der Waals surface area contributed by atoms with Crippen LogP contribution in [0.25, 0.3) is 0 Å². The van der Waals surface area contributed by atoms with E-state index in [0.29, 0.717) is 23.9 Å². The molecule has 7 heteroatoms. The molecule has 5 nitrogen and oxygen atoms in total. The van der Waals surface area contributed by atoms with E-state index in [0.717, 1.165) is 18.5 Å². The van der Waals surface area contributed by atoms with Gasteiger partial charge in [0.05, 0.1) is 19.3 Å². The van der Waals surface area contributed by atoms with Crippen molar-refractivity contribution in [1.29, 1.82) is 0 Å². The molecule has 1 atom stereocenters. The van der Waals surface area contributed by atoms with Crippen LogP contribution in [-0.2, 0) is 17.8 Å². The summed E-state index contributed by atoms with van der Waals surface area (Å²) in [6.45, 7) is 3.95. The molecule has 3 heterocycles. The predicted molar refractivity (Wildman–Crippen MR) is 109 cm³/mol. The van der Waals surface area contributed by atoms with E-state index in [1.165, 1.54) is 10.4 Å². The van der Waals surface area contributed by atoms with E-state index in [4.69, 9.17) is 11.6 Å².